The molecular formula is C9H12N4O. The lowest BCUT2D eigenvalue weighted by molar-refractivity contribution is 0.1000. The molecular weight excluding hydrogens is 180 g/mol. The number of nitrogens with zero attached hydrogens (tertiary/aromatic N) is 2. The third-order valence-electron chi connectivity index (χ3n) is 2.31. The predicted molar refractivity (Wildman–Crippen MR) is 52.9 cm³/mol. The second kappa shape index (κ2) is 3.26. The van der Waals surface area contributed by atoms with Crippen molar-refractivity contribution in [2.75, 3.05) is 18.0 Å². The van der Waals surface area contributed by atoms with E-state index in [1.165, 1.54) is 6.20 Å². The molecule has 4 N–H and O–H groups in total. The fourth-order valence-electron chi connectivity index (χ4n) is 1.56. The summed E-state index contributed by atoms with van der Waals surface area (Å²) in [5, 5.41) is 0. The Morgan fingerprint density at radius 3 is 2.86 bits per heavy atom. The Bertz CT molecular complexity index is 360. The van der Waals surface area contributed by atoms with Gasteiger partial charge in [-0.2, -0.15) is 0 Å². The first-order chi connectivity index (χ1) is 6.68. The third-order valence-corrected chi connectivity index (χ3v) is 2.31. The van der Waals surface area contributed by atoms with Crippen molar-refractivity contribution in [2.45, 2.75) is 6.04 Å². The first-order valence-corrected chi connectivity index (χ1v) is 4.43. The summed E-state index contributed by atoms with van der Waals surface area (Å²) in [6, 6.07) is 1.98. The lowest BCUT2D eigenvalue weighted by Gasteiger charge is -2.39. The molecule has 1 aromatic rings. The normalized spacial score (nSPS) is 16.5. The van der Waals surface area contributed by atoms with Crippen LogP contribution in [0, 0.1) is 0 Å². The van der Waals surface area contributed by atoms with Crippen LogP contribution >= 0.6 is 0 Å². The van der Waals surface area contributed by atoms with E-state index in [0.717, 1.165) is 18.8 Å². The summed E-state index contributed by atoms with van der Waals surface area (Å²) < 4.78 is 0. The summed E-state index contributed by atoms with van der Waals surface area (Å²) in [5.74, 6) is -0.450. The SMILES string of the molecule is NC(=O)c1cnccc1N1CC(N)C1. The molecule has 1 aromatic heterocycles. The highest BCUT2D eigenvalue weighted by molar-refractivity contribution is 5.98. The van der Waals surface area contributed by atoms with Crippen LogP contribution in [0.15, 0.2) is 18.5 Å². The van der Waals surface area contributed by atoms with E-state index in [2.05, 4.69) is 4.98 Å². The van der Waals surface area contributed by atoms with Crippen molar-refractivity contribution < 1.29 is 4.79 Å². The number of rotatable bonds is 2. The summed E-state index contributed by atoms with van der Waals surface area (Å²) in [7, 11) is 0. The Morgan fingerprint density at radius 2 is 2.29 bits per heavy atom. The zero-order valence-electron chi connectivity index (χ0n) is 7.68. The molecule has 2 rings (SSSR count). The number of pyridine rings is 1. The van der Waals surface area contributed by atoms with Crippen molar-refractivity contribution in [3.63, 3.8) is 0 Å². The van der Waals surface area contributed by atoms with Crippen LogP contribution in [0.3, 0.4) is 0 Å². The second-order valence-corrected chi connectivity index (χ2v) is 3.42. The number of carbonyl (C=O) groups is 1. The summed E-state index contributed by atoms with van der Waals surface area (Å²) in [5.41, 5.74) is 12.2. The molecule has 0 aromatic carbocycles. The summed E-state index contributed by atoms with van der Waals surface area (Å²) in [4.78, 5) is 17.0. The smallest absolute Gasteiger partial charge is 0.252 e. The van der Waals surface area contributed by atoms with Crippen LogP contribution in [0.5, 0.6) is 0 Å². The maximum absolute atomic E-state index is 11.1. The van der Waals surface area contributed by atoms with Gasteiger partial charge in [0, 0.05) is 31.5 Å². The van der Waals surface area contributed by atoms with Gasteiger partial charge in [-0.25, -0.2) is 0 Å². The Hall–Kier alpha value is -1.62. The van der Waals surface area contributed by atoms with E-state index in [4.69, 9.17) is 11.5 Å². The number of carbonyl (C=O) groups excluding carboxylic acids is 1. The van der Waals surface area contributed by atoms with E-state index in [0.29, 0.717) is 5.56 Å². The molecule has 1 saturated heterocycles. The van der Waals surface area contributed by atoms with Gasteiger partial charge in [-0.05, 0) is 6.07 Å². The Morgan fingerprint density at radius 1 is 1.57 bits per heavy atom. The van der Waals surface area contributed by atoms with Gasteiger partial charge in [0.2, 0.25) is 0 Å². The van der Waals surface area contributed by atoms with Gasteiger partial charge in [-0.1, -0.05) is 0 Å². The summed E-state index contributed by atoms with van der Waals surface area (Å²) >= 11 is 0. The molecule has 0 saturated carbocycles. The minimum absolute atomic E-state index is 0.198. The van der Waals surface area contributed by atoms with Crippen molar-refractivity contribution in [1.82, 2.24) is 4.98 Å². The molecule has 1 aliphatic heterocycles. The average molecular weight is 192 g/mol. The fraction of sp³-hybridized carbons (Fsp3) is 0.333. The van der Waals surface area contributed by atoms with Crippen LogP contribution in [0.2, 0.25) is 0 Å². The highest BCUT2D eigenvalue weighted by Gasteiger charge is 2.26. The van der Waals surface area contributed by atoms with Gasteiger partial charge in [0.05, 0.1) is 11.3 Å². The number of aromatic nitrogens is 1. The number of nitrogens with two attached hydrogens (primary N) is 2. The van der Waals surface area contributed by atoms with E-state index in [1.807, 2.05) is 4.90 Å². The predicted octanol–water partition coefficient (Wildman–Crippen LogP) is -0.672. The molecule has 0 bridgehead atoms. The van der Waals surface area contributed by atoms with Crippen LogP contribution in [0.4, 0.5) is 5.69 Å². The molecule has 0 atom stereocenters. The van der Waals surface area contributed by atoms with Crippen LogP contribution < -0.4 is 16.4 Å². The lowest BCUT2D eigenvalue weighted by atomic mass is 10.1. The molecule has 1 fully saturated rings. The van der Waals surface area contributed by atoms with Gasteiger partial charge in [0.25, 0.3) is 5.91 Å². The van der Waals surface area contributed by atoms with E-state index in [-0.39, 0.29) is 6.04 Å². The molecule has 1 amide bonds. The molecule has 0 unspecified atom stereocenters. The van der Waals surface area contributed by atoms with Crippen molar-refractivity contribution in [3.05, 3.63) is 24.0 Å². The van der Waals surface area contributed by atoms with Gasteiger partial charge < -0.3 is 16.4 Å². The minimum Gasteiger partial charge on any atom is -0.368 e. The van der Waals surface area contributed by atoms with Crippen LogP contribution in [-0.4, -0.2) is 30.0 Å². The van der Waals surface area contributed by atoms with Crippen LogP contribution in [0.1, 0.15) is 10.4 Å². The van der Waals surface area contributed by atoms with Crippen molar-refractivity contribution in [3.8, 4) is 0 Å². The zero-order valence-corrected chi connectivity index (χ0v) is 7.68. The number of amides is 1. The monoisotopic (exact) mass is 192 g/mol. The number of hydrogen-bond donors (Lipinski definition) is 2. The van der Waals surface area contributed by atoms with E-state index < -0.39 is 5.91 Å². The molecule has 2 heterocycles. The van der Waals surface area contributed by atoms with Gasteiger partial charge in [-0.15, -0.1) is 0 Å². The van der Waals surface area contributed by atoms with Gasteiger partial charge in [0.1, 0.15) is 0 Å². The molecule has 0 spiro atoms. The Labute approximate surface area is 81.7 Å². The average Bonchev–Trinajstić information content (AvgIpc) is 2.13. The lowest BCUT2D eigenvalue weighted by Crippen LogP contribution is -2.56. The maximum atomic E-state index is 11.1. The quantitative estimate of drug-likeness (QED) is 0.650. The van der Waals surface area contributed by atoms with Crippen LogP contribution in [-0.2, 0) is 0 Å². The summed E-state index contributed by atoms with van der Waals surface area (Å²) in [6.45, 7) is 1.54. The second-order valence-electron chi connectivity index (χ2n) is 3.42. The highest BCUT2D eigenvalue weighted by Crippen LogP contribution is 2.23. The van der Waals surface area contributed by atoms with E-state index in [9.17, 15) is 4.79 Å². The van der Waals surface area contributed by atoms with Crippen molar-refractivity contribution >= 4 is 11.6 Å². The molecule has 0 aliphatic carbocycles. The van der Waals surface area contributed by atoms with Gasteiger partial charge >= 0.3 is 0 Å². The molecule has 14 heavy (non-hydrogen) atoms. The number of primary amides is 1. The first-order valence-electron chi connectivity index (χ1n) is 4.43. The van der Waals surface area contributed by atoms with Crippen molar-refractivity contribution in [1.29, 1.82) is 0 Å². The van der Waals surface area contributed by atoms with Gasteiger partial charge in [-0.3, -0.25) is 9.78 Å². The maximum Gasteiger partial charge on any atom is 0.252 e. The Kier molecular flexibility index (Phi) is 2.09. The fourth-order valence-corrected chi connectivity index (χ4v) is 1.56. The standard InChI is InChI=1S/C9H12N4O/c10-6-4-13(5-6)8-1-2-12-3-7(8)9(11)14/h1-3,6H,4-5,10H2,(H2,11,14). The molecule has 0 radical (unpaired) electrons. The topological polar surface area (TPSA) is 85.2 Å². The minimum atomic E-state index is -0.450. The molecule has 5 heteroatoms. The number of hydrogen-bond acceptors (Lipinski definition) is 4. The summed E-state index contributed by atoms with van der Waals surface area (Å²) in [6.07, 6.45) is 3.13. The highest BCUT2D eigenvalue weighted by atomic mass is 16.1. The number of anilines is 1. The van der Waals surface area contributed by atoms with Gasteiger partial charge in [0.15, 0.2) is 0 Å². The van der Waals surface area contributed by atoms with Crippen molar-refractivity contribution in [2.24, 2.45) is 11.5 Å². The molecule has 1 aliphatic rings. The Balaban J connectivity index is 2.28. The zero-order chi connectivity index (χ0) is 10.1. The molecule has 74 valence electrons. The third kappa shape index (κ3) is 1.42. The largest absolute Gasteiger partial charge is 0.368 e. The van der Waals surface area contributed by atoms with Crippen LogP contribution in [0.25, 0.3) is 0 Å². The van der Waals surface area contributed by atoms with E-state index >= 15 is 0 Å². The van der Waals surface area contributed by atoms with E-state index in [1.54, 1.807) is 12.3 Å². The first kappa shape index (κ1) is 8.96. The molecule has 5 nitrogen and oxygen atoms in total.